The number of nitrogens with two attached hydrogens (primary N) is 1. The number of benzene rings is 2. The molecule has 1 heterocycles. The van der Waals surface area contributed by atoms with Crippen LogP contribution in [-0.2, 0) is 9.67 Å². The predicted octanol–water partition coefficient (Wildman–Crippen LogP) is 4.70. The molecule has 0 saturated heterocycles. The van der Waals surface area contributed by atoms with Gasteiger partial charge in [-0.2, -0.15) is 5.10 Å². The smallest absolute Gasteiger partial charge is 0.247 e. The standard InChI is InChI=1S/C22H26FN3OS/c1-3-16(2)21(27)26-22(13-8-14-24,18-10-5-4-6-11-18)28-20(25-26)17-9-7-12-19(23)15-17/h4-7,9-12,15-16H,3,8,13-14,24H2,1-2H3. The van der Waals surface area contributed by atoms with Crippen LogP contribution in [0.5, 0.6) is 0 Å². The van der Waals surface area contributed by atoms with E-state index in [1.165, 1.54) is 23.9 Å². The summed E-state index contributed by atoms with van der Waals surface area (Å²) in [6.07, 6.45) is 2.15. The lowest BCUT2D eigenvalue weighted by Crippen LogP contribution is -2.44. The fourth-order valence-corrected chi connectivity index (χ4v) is 4.67. The molecule has 0 spiro atoms. The molecule has 2 atom stereocenters. The Bertz CT molecular complexity index is 858. The van der Waals surface area contributed by atoms with E-state index in [2.05, 4.69) is 0 Å². The highest BCUT2D eigenvalue weighted by Crippen LogP contribution is 2.50. The van der Waals surface area contributed by atoms with Gasteiger partial charge in [0.1, 0.15) is 15.7 Å². The number of carbonyl (C=O) groups excluding carboxylic acids is 1. The van der Waals surface area contributed by atoms with E-state index in [4.69, 9.17) is 10.8 Å². The van der Waals surface area contributed by atoms with Gasteiger partial charge in [-0.05, 0) is 43.5 Å². The van der Waals surface area contributed by atoms with Crippen LogP contribution in [0.2, 0.25) is 0 Å². The molecular weight excluding hydrogens is 373 g/mol. The molecule has 2 aromatic carbocycles. The third-order valence-electron chi connectivity index (χ3n) is 5.06. The summed E-state index contributed by atoms with van der Waals surface area (Å²) in [5.41, 5.74) is 7.50. The first kappa shape index (κ1) is 20.6. The van der Waals surface area contributed by atoms with Gasteiger partial charge in [0.25, 0.3) is 0 Å². The van der Waals surface area contributed by atoms with Crippen LogP contribution in [0.15, 0.2) is 59.7 Å². The van der Waals surface area contributed by atoms with Crippen LogP contribution in [0.25, 0.3) is 0 Å². The number of amides is 1. The highest BCUT2D eigenvalue weighted by atomic mass is 32.2. The van der Waals surface area contributed by atoms with Crippen molar-refractivity contribution in [1.82, 2.24) is 5.01 Å². The van der Waals surface area contributed by atoms with Crippen molar-refractivity contribution in [2.24, 2.45) is 16.8 Å². The SMILES string of the molecule is CCC(C)C(=O)N1N=C(c2cccc(F)c2)SC1(CCCN)c1ccccc1. The molecule has 28 heavy (non-hydrogen) atoms. The van der Waals surface area contributed by atoms with Crippen molar-refractivity contribution >= 4 is 22.7 Å². The van der Waals surface area contributed by atoms with E-state index in [9.17, 15) is 9.18 Å². The van der Waals surface area contributed by atoms with Crippen LogP contribution in [0.1, 0.15) is 44.2 Å². The van der Waals surface area contributed by atoms with Crippen LogP contribution >= 0.6 is 11.8 Å². The average molecular weight is 400 g/mol. The van der Waals surface area contributed by atoms with E-state index in [0.29, 0.717) is 23.6 Å². The molecule has 0 aliphatic carbocycles. The van der Waals surface area contributed by atoms with Gasteiger partial charge < -0.3 is 5.73 Å². The van der Waals surface area contributed by atoms with Crippen molar-refractivity contribution < 1.29 is 9.18 Å². The molecule has 3 rings (SSSR count). The maximum atomic E-state index is 13.8. The lowest BCUT2D eigenvalue weighted by atomic mass is 9.98. The fourth-order valence-electron chi connectivity index (χ4n) is 3.27. The van der Waals surface area contributed by atoms with Crippen LogP contribution in [-0.4, -0.2) is 22.5 Å². The number of hydrogen-bond donors (Lipinski definition) is 1. The van der Waals surface area contributed by atoms with Crippen LogP contribution in [0.3, 0.4) is 0 Å². The fraction of sp³-hybridized carbons (Fsp3) is 0.364. The maximum Gasteiger partial charge on any atom is 0.247 e. The first-order chi connectivity index (χ1) is 13.5. The van der Waals surface area contributed by atoms with Crippen LogP contribution in [0, 0.1) is 11.7 Å². The lowest BCUT2D eigenvalue weighted by molar-refractivity contribution is -0.138. The Hall–Kier alpha value is -2.18. The Kier molecular flexibility index (Phi) is 6.52. The summed E-state index contributed by atoms with van der Waals surface area (Å²) in [6, 6.07) is 16.3. The van der Waals surface area contributed by atoms with Gasteiger partial charge in [0.05, 0.1) is 0 Å². The van der Waals surface area contributed by atoms with Gasteiger partial charge in [0, 0.05) is 11.5 Å². The Labute approximate surface area is 170 Å². The molecule has 1 aliphatic rings. The second-order valence-corrected chi connectivity index (χ2v) is 8.29. The molecule has 0 aromatic heterocycles. The molecule has 0 saturated carbocycles. The summed E-state index contributed by atoms with van der Waals surface area (Å²) in [7, 11) is 0. The van der Waals surface area contributed by atoms with Crippen molar-refractivity contribution in [1.29, 1.82) is 0 Å². The van der Waals surface area contributed by atoms with Crippen molar-refractivity contribution in [2.45, 2.75) is 38.0 Å². The molecule has 6 heteroatoms. The monoisotopic (exact) mass is 399 g/mol. The van der Waals surface area contributed by atoms with E-state index in [1.807, 2.05) is 50.2 Å². The van der Waals surface area contributed by atoms with E-state index < -0.39 is 4.87 Å². The Balaban J connectivity index is 2.11. The lowest BCUT2D eigenvalue weighted by Gasteiger charge is -2.37. The summed E-state index contributed by atoms with van der Waals surface area (Å²) < 4.78 is 13.8. The van der Waals surface area contributed by atoms with Crippen molar-refractivity contribution in [2.75, 3.05) is 6.54 Å². The number of carbonyl (C=O) groups is 1. The largest absolute Gasteiger partial charge is 0.330 e. The second kappa shape index (κ2) is 8.88. The molecule has 2 aromatic rings. The van der Waals surface area contributed by atoms with Gasteiger partial charge in [-0.15, -0.1) is 0 Å². The van der Waals surface area contributed by atoms with Gasteiger partial charge >= 0.3 is 0 Å². The first-order valence-electron chi connectivity index (χ1n) is 9.65. The minimum absolute atomic E-state index is 0.0257. The molecule has 4 nitrogen and oxygen atoms in total. The summed E-state index contributed by atoms with van der Waals surface area (Å²) in [5, 5.41) is 6.98. The summed E-state index contributed by atoms with van der Waals surface area (Å²) >= 11 is 1.51. The number of hydrogen-bond acceptors (Lipinski definition) is 4. The van der Waals surface area contributed by atoms with Gasteiger partial charge in [-0.25, -0.2) is 9.40 Å². The highest BCUT2D eigenvalue weighted by Gasteiger charge is 2.48. The van der Waals surface area contributed by atoms with E-state index in [0.717, 1.165) is 18.4 Å². The third-order valence-corrected chi connectivity index (χ3v) is 6.52. The number of halogens is 1. The van der Waals surface area contributed by atoms with Gasteiger partial charge in [-0.3, -0.25) is 4.79 Å². The Morgan fingerprint density at radius 2 is 2.00 bits per heavy atom. The molecule has 148 valence electrons. The van der Waals surface area contributed by atoms with Crippen LogP contribution in [0.4, 0.5) is 4.39 Å². The topological polar surface area (TPSA) is 58.7 Å². The molecule has 1 amide bonds. The Morgan fingerprint density at radius 1 is 1.25 bits per heavy atom. The number of rotatable bonds is 7. The number of nitrogens with zero attached hydrogens (tertiary/aromatic N) is 2. The van der Waals surface area contributed by atoms with E-state index >= 15 is 0 Å². The minimum atomic E-state index is -0.678. The zero-order valence-electron chi connectivity index (χ0n) is 16.3. The molecule has 0 fully saturated rings. The number of thioether (sulfide) groups is 1. The van der Waals surface area contributed by atoms with E-state index in [1.54, 1.807) is 11.1 Å². The van der Waals surface area contributed by atoms with E-state index in [-0.39, 0.29) is 17.6 Å². The normalized spacial score (nSPS) is 20.1. The van der Waals surface area contributed by atoms with Gasteiger partial charge in [0.15, 0.2) is 0 Å². The first-order valence-corrected chi connectivity index (χ1v) is 10.5. The third kappa shape index (κ3) is 3.98. The Morgan fingerprint density at radius 3 is 2.64 bits per heavy atom. The maximum absolute atomic E-state index is 13.8. The second-order valence-electron chi connectivity index (χ2n) is 7.02. The summed E-state index contributed by atoms with van der Waals surface area (Å²) in [6.45, 7) is 4.43. The summed E-state index contributed by atoms with van der Waals surface area (Å²) in [5.74, 6) is -0.501. The molecule has 0 bridgehead atoms. The van der Waals surface area contributed by atoms with Gasteiger partial charge in [-0.1, -0.05) is 68.1 Å². The summed E-state index contributed by atoms with van der Waals surface area (Å²) in [4.78, 5) is 12.6. The average Bonchev–Trinajstić information content (AvgIpc) is 3.12. The predicted molar refractivity (Wildman–Crippen MR) is 113 cm³/mol. The molecule has 1 aliphatic heterocycles. The van der Waals surface area contributed by atoms with Crippen molar-refractivity contribution in [3.8, 4) is 0 Å². The van der Waals surface area contributed by atoms with Gasteiger partial charge in [0.2, 0.25) is 5.91 Å². The molecule has 2 unspecified atom stereocenters. The number of hydrazone groups is 1. The quantitative estimate of drug-likeness (QED) is 0.734. The molecule has 0 radical (unpaired) electrons. The molecular formula is C22H26FN3OS. The van der Waals surface area contributed by atoms with Crippen LogP contribution < -0.4 is 5.73 Å². The molecule has 2 N–H and O–H groups in total. The minimum Gasteiger partial charge on any atom is -0.330 e. The van der Waals surface area contributed by atoms with Crippen molar-refractivity contribution in [3.63, 3.8) is 0 Å². The highest BCUT2D eigenvalue weighted by molar-refractivity contribution is 8.15. The van der Waals surface area contributed by atoms with Crippen molar-refractivity contribution in [3.05, 3.63) is 71.5 Å². The zero-order valence-corrected chi connectivity index (χ0v) is 17.1. The zero-order chi connectivity index (χ0) is 20.1.